The zero-order valence-electron chi connectivity index (χ0n) is 10.1. The summed E-state index contributed by atoms with van der Waals surface area (Å²) >= 11 is 0. The van der Waals surface area contributed by atoms with E-state index in [1.54, 1.807) is 19.1 Å². The van der Waals surface area contributed by atoms with Crippen molar-refractivity contribution in [2.75, 3.05) is 12.0 Å². The molecule has 0 aromatic heterocycles. The fourth-order valence-corrected chi connectivity index (χ4v) is 3.80. The molecule has 0 saturated carbocycles. The SMILES string of the molecule is CC(CS(C)=O)NS(=O)(=O)c1ccccc1C#N. The average molecular weight is 286 g/mol. The van der Waals surface area contributed by atoms with Crippen molar-refractivity contribution in [1.82, 2.24) is 4.72 Å². The molecule has 0 saturated heterocycles. The molecule has 18 heavy (non-hydrogen) atoms. The van der Waals surface area contributed by atoms with Crippen LogP contribution in [0.3, 0.4) is 0 Å². The second kappa shape index (κ2) is 6.09. The van der Waals surface area contributed by atoms with E-state index in [2.05, 4.69) is 4.72 Å². The van der Waals surface area contributed by atoms with E-state index in [9.17, 15) is 12.6 Å². The lowest BCUT2D eigenvalue weighted by molar-refractivity contribution is 0.570. The minimum Gasteiger partial charge on any atom is -0.260 e. The molecule has 0 aliphatic heterocycles. The molecule has 5 nitrogen and oxygen atoms in total. The van der Waals surface area contributed by atoms with Gasteiger partial charge in [0, 0.05) is 28.9 Å². The average Bonchev–Trinajstić information content (AvgIpc) is 2.27. The van der Waals surface area contributed by atoms with Gasteiger partial charge in [-0.15, -0.1) is 0 Å². The van der Waals surface area contributed by atoms with Gasteiger partial charge >= 0.3 is 0 Å². The van der Waals surface area contributed by atoms with Crippen molar-refractivity contribution in [3.05, 3.63) is 29.8 Å². The third kappa shape index (κ3) is 3.91. The molecule has 1 aromatic carbocycles. The van der Waals surface area contributed by atoms with Gasteiger partial charge in [-0.2, -0.15) is 5.26 Å². The highest BCUT2D eigenvalue weighted by molar-refractivity contribution is 7.89. The van der Waals surface area contributed by atoms with Crippen LogP contribution in [0.5, 0.6) is 0 Å². The Labute approximate surface area is 109 Å². The Hall–Kier alpha value is -1.23. The molecule has 1 aromatic rings. The van der Waals surface area contributed by atoms with Gasteiger partial charge < -0.3 is 0 Å². The molecule has 1 rings (SSSR count). The summed E-state index contributed by atoms with van der Waals surface area (Å²) in [6, 6.07) is 7.35. The van der Waals surface area contributed by atoms with Crippen LogP contribution in [-0.2, 0) is 20.8 Å². The molecule has 0 bridgehead atoms. The molecule has 0 spiro atoms. The number of rotatable bonds is 5. The molecule has 2 atom stereocenters. The molecular weight excluding hydrogens is 272 g/mol. The number of hydrogen-bond acceptors (Lipinski definition) is 4. The Kier molecular flexibility index (Phi) is 5.02. The lowest BCUT2D eigenvalue weighted by Gasteiger charge is -2.13. The molecule has 2 unspecified atom stereocenters. The van der Waals surface area contributed by atoms with Crippen LogP contribution in [0.4, 0.5) is 0 Å². The predicted octanol–water partition coefficient (Wildman–Crippen LogP) is 0.604. The molecule has 7 heteroatoms. The van der Waals surface area contributed by atoms with E-state index < -0.39 is 26.9 Å². The Morgan fingerprint density at radius 3 is 2.61 bits per heavy atom. The highest BCUT2D eigenvalue weighted by Gasteiger charge is 2.20. The monoisotopic (exact) mass is 286 g/mol. The fraction of sp³-hybridized carbons (Fsp3) is 0.364. The third-order valence-electron chi connectivity index (χ3n) is 2.14. The van der Waals surface area contributed by atoms with Gasteiger partial charge in [-0.3, -0.25) is 4.21 Å². The minimum absolute atomic E-state index is 0.0544. The topological polar surface area (TPSA) is 87.0 Å². The van der Waals surface area contributed by atoms with E-state index in [1.165, 1.54) is 18.4 Å². The fourth-order valence-electron chi connectivity index (χ4n) is 1.51. The molecule has 0 fully saturated rings. The van der Waals surface area contributed by atoms with Crippen molar-refractivity contribution in [3.8, 4) is 6.07 Å². The summed E-state index contributed by atoms with van der Waals surface area (Å²) in [7, 11) is -4.84. The first-order valence-corrected chi connectivity index (χ1v) is 8.39. The van der Waals surface area contributed by atoms with Crippen LogP contribution >= 0.6 is 0 Å². The number of benzene rings is 1. The highest BCUT2D eigenvalue weighted by Crippen LogP contribution is 2.14. The van der Waals surface area contributed by atoms with Crippen LogP contribution < -0.4 is 4.72 Å². The van der Waals surface area contributed by atoms with Gasteiger partial charge in [-0.05, 0) is 19.1 Å². The van der Waals surface area contributed by atoms with Crippen LogP contribution in [0.2, 0.25) is 0 Å². The van der Waals surface area contributed by atoms with E-state index >= 15 is 0 Å². The Morgan fingerprint density at radius 1 is 1.44 bits per heavy atom. The van der Waals surface area contributed by atoms with Gasteiger partial charge in [0.1, 0.15) is 6.07 Å². The van der Waals surface area contributed by atoms with E-state index in [1.807, 2.05) is 6.07 Å². The molecule has 0 radical (unpaired) electrons. The standard InChI is InChI=1S/C11H14N2O3S2/c1-9(8-17(2)14)13-18(15,16)11-6-4-3-5-10(11)7-12/h3-6,9,13H,8H2,1-2H3. The Morgan fingerprint density at radius 2 is 2.06 bits per heavy atom. The summed E-state index contributed by atoms with van der Waals surface area (Å²) in [4.78, 5) is -0.0544. The number of sulfonamides is 1. The summed E-state index contributed by atoms with van der Waals surface area (Å²) < 4.78 is 37.5. The number of hydrogen-bond donors (Lipinski definition) is 1. The van der Waals surface area contributed by atoms with Crippen molar-refractivity contribution < 1.29 is 12.6 Å². The van der Waals surface area contributed by atoms with Crippen molar-refractivity contribution >= 4 is 20.8 Å². The van der Waals surface area contributed by atoms with E-state index in [4.69, 9.17) is 5.26 Å². The summed E-state index contributed by atoms with van der Waals surface area (Å²) in [5.41, 5.74) is 0.0924. The summed E-state index contributed by atoms with van der Waals surface area (Å²) in [5.74, 6) is 0.230. The van der Waals surface area contributed by atoms with Gasteiger partial charge in [0.25, 0.3) is 0 Å². The first kappa shape index (κ1) is 14.8. The summed E-state index contributed by atoms with van der Waals surface area (Å²) in [5, 5.41) is 8.87. The van der Waals surface area contributed by atoms with E-state index in [0.29, 0.717) is 0 Å². The van der Waals surface area contributed by atoms with Gasteiger partial charge in [-0.25, -0.2) is 13.1 Å². The maximum Gasteiger partial charge on any atom is 0.242 e. The molecule has 0 aliphatic carbocycles. The maximum absolute atomic E-state index is 12.0. The molecule has 0 amide bonds. The second-order valence-corrected chi connectivity index (χ2v) is 7.03. The van der Waals surface area contributed by atoms with Gasteiger partial charge in [0.2, 0.25) is 10.0 Å². The van der Waals surface area contributed by atoms with E-state index in [-0.39, 0.29) is 16.2 Å². The smallest absolute Gasteiger partial charge is 0.242 e. The number of nitriles is 1. The van der Waals surface area contributed by atoms with Crippen LogP contribution in [0.1, 0.15) is 12.5 Å². The zero-order chi connectivity index (χ0) is 13.8. The van der Waals surface area contributed by atoms with Crippen molar-refractivity contribution in [1.29, 1.82) is 5.26 Å². The molecule has 98 valence electrons. The van der Waals surface area contributed by atoms with Crippen LogP contribution in [0, 0.1) is 11.3 Å². The first-order chi connectivity index (χ1) is 8.36. The lowest BCUT2D eigenvalue weighted by atomic mass is 10.2. The minimum atomic E-state index is -3.75. The quantitative estimate of drug-likeness (QED) is 0.859. The van der Waals surface area contributed by atoms with E-state index in [0.717, 1.165) is 0 Å². The highest BCUT2D eigenvalue weighted by atomic mass is 32.2. The normalized spacial score (nSPS) is 14.7. The largest absolute Gasteiger partial charge is 0.260 e. The third-order valence-corrected chi connectivity index (χ3v) is 4.76. The van der Waals surface area contributed by atoms with Crippen molar-refractivity contribution in [3.63, 3.8) is 0 Å². The maximum atomic E-state index is 12.0. The summed E-state index contributed by atoms with van der Waals surface area (Å²) in [6.45, 7) is 1.63. The lowest BCUT2D eigenvalue weighted by Crippen LogP contribution is -2.36. The Bertz CT molecular complexity index is 591. The van der Waals surface area contributed by atoms with Crippen LogP contribution in [-0.4, -0.2) is 30.7 Å². The van der Waals surface area contributed by atoms with Crippen molar-refractivity contribution in [2.45, 2.75) is 17.9 Å². The predicted molar refractivity (Wildman–Crippen MR) is 69.9 cm³/mol. The van der Waals surface area contributed by atoms with Gasteiger partial charge in [0.15, 0.2) is 0 Å². The summed E-state index contributed by atoms with van der Waals surface area (Å²) in [6.07, 6.45) is 1.51. The second-order valence-electron chi connectivity index (χ2n) is 3.87. The number of nitrogens with one attached hydrogen (secondary N) is 1. The van der Waals surface area contributed by atoms with Crippen LogP contribution in [0.25, 0.3) is 0 Å². The molecular formula is C11H14N2O3S2. The molecule has 1 N–H and O–H groups in total. The first-order valence-electron chi connectivity index (χ1n) is 5.18. The zero-order valence-corrected chi connectivity index (χ0v) is 11.7. The Balaban J connectivity index is 3.01. The van der Waals surface area contributed by atoms with Gasteiger partial charge in [0.05, 0.1) is 10.5 Å². The van der Waals surface area contributed by atoms with Gasteiger partial charge in [-0.1, -0.05) is 12.1 Å². The molecule has 0 heterocycles. The number of nitrogens with zero attached hydrogens (tertiary/aromatic N) is 1. The van der Waals surface area contributed by atoms with Crippen LogP contribution in [0.15, 0.2) is 29.2 Å². The molecule has 0 aliphatic rings. The van der Waals surface area contributed by atoms with Crippen molar-refractivity contribution in [2.24, 2.45) is 0 Å².